The first-order chi connectivity index (χ1) is 8.33. The van der Waals surface area contributed by atoms with E-state index in [1.807, 2.05) is 0 Å². The molecule has 1 heterocycles. The van der Waals surface area contributed by atoms with Crippen LogP contribution >= 0.6 is 0 Å². The van der Waals surface area contributed by atoms with E-state index in [2.05, 4.69) is 36.5 Å². The van der Waals surface area contributed by atoms with Crippen LogP contribution in [0, 0.1) is 5.92 Å². The van der Waals surface area contributed by atoms with E-state index in [-0.39, 0.29) is 0 Å². The van der Waals surface area contributed by atoms with Crippen LogP contribution in [0.25, 0.3) is 0 Å². The molecule has 1 aromatic rings. The Morgan fingerprint density at radius 2 is 2.24 bits per heavy atom. The predicted molar refractivity (Wildman–Crippen MR) is 73.2 cm³/mol. The molecule has 94 valence electrons. The van der Waals surface area contributed by atoms with Crippen molar-refractivity contribution in [2.45, 2.75) is 32.1 Å². The topological polar surface area (TPSA) is 38.0 Å². The van der Waals surface area contributed by atoms with Crippen molar-refractivity contribution in [3.8, 4) is 0 Å². The lowest BCUT2D eigenvalue weighted by Gasteiger charge is -2.30. The molecule has 1 saturated heterocycles. The Morgan fingerprint density at radius 3 is 2.94 bits per heavy atom. The summed E-state index contributed by atoms with van der Waals surface area (Å²) >= 11 is 0. The molecule has 3 N–H and O–H groups in total. The summed E-state index contributed by atoms with van der Waals surface area (Å²) < 4.78 is 0. The van der Waals surface area contributed by atoms with Gasteiger partial charge in [-0.3, -0.25) is 0 Å². The minimum Gasteiger partial charge on any atom is -0.330 e. The number of piperidine rings is 1. The van der Waals surface area contributed by atoms with Gasteiger partial charge in [0.25, 0.3) is 0 Å². The van der Waals surface area contributed by atoms with Crippen LogP contribution in [0.2, 0.25) is 0 Å². The van der Waals surface area contributed by atoms with Crippen LogP contribution in [-0.4, -0.2) is 19.6 Å². The van der Waals surface area contributed by atoms with E-state index in [4.69, 9.17) is 5.73 Å². The van der Waals surface area contributed by atoms with Gasteiger partial charge >= 0.3 is 0 Å². The standard InChI is InChI=1S/C15H24N2/c1-12(14-6-4-10-17-11-14)15-7-3-2-5-13(15)8-9-16/h2-3,5,7,12,14,17H,4,6,8-11,16H2,1H3. The number of hydrogen-bond donors (Lipinski definition) is 2. The predicted octanol–water partition coefficient (Wildman–Crippen LogP) is 2.29. The summed E-state index contributed by atoms with van der Waals surface area (Å²) in [6.45, 7) is 5.46. The molecular weight excluding hydrogens is 208 g/mol. The monoisotopic (exact) mass is 232 g/mol. The molecule has 2 atom stereocenters. The van der Waals surface area contributed by atoms with Crippen LogP contribution in [0.4, 0.5) is 0 Å². The molecule has 2 heteroatoms. The number of benzene rings is 1. The van der Waals surface area contributed by atoms with E-state index in [1.165, 1.54) is 30.5 Å². The SMILES string of the molecule is CC(c1ccccc1CCN)C1CCCNC1. The summed E-state index contributed by atoms with van der Waals surface area (Å²) in [5.74, 6) is 1.42. The highest BCUT2D eigenvalue weighted by molar-refractivity contribution is 5.31. The Morgan fingerprint density at radius 1 is 1.41 bits per heavy atom. The van der Waals surface area contributed by atoms with E-state index in [0.717, 1.165) is 25.4 Å². The van der Waals surface area contributed by atoms with Gasteiger partial charge in [0, 0.05) is 0 Å². The van der Waals surface area contributed by atoms with Crippen molar-refractivity contribution in [1.29, 1.82) is 0 Å². The molecule has 17 heavy (non-hydrogen) atoms. The van der Waals surface area contributed by atoms with Crippen molar-refractivity contribution in [2.24, 2.45) is 11.7 Å². The van der Waals surface area contributed by atoms with Gasteiger partial charge < -0.3 is 11.1 Å². The van der Waals surface area contributed by atoms with Crippen LogP contribution < -0.4 is 11.1 Å². The zero-order valence-corrected chi connectivity index (χ0v) is 10.8. The van der Waals surface area contributed by atoms with Gasteiger partial charge in [0.2, 0.25) is 0 Å². The van der Waals surface area contributed by atoms with E-state index < -0.39 is 0 Å². The van der Waals surface area contributed by atoms with Crippen LogP contribution in [0.3, 0.4) is 0 Å². The molecule has 2 nitrogen and oxygen atoms in total. The highest BCUT2D eigenvalue weighted by atomic mass is 14.9. The average molecular weight is 232 g/mol. The second-order valence-corrected chi connectivity index (χ2v) is 5.13. The van der Waals surface area contributed by atoms with E-state index in [0.29, 0.717) is 5.92 Å². The van der Waals surface area contributed by atoms with Crippen molar-refractivity contribution < 1.29 is 0 Å². The van der Waals surface area contributed by atoms with Crippen molar-refractivity contribution in [3.05, 3.63) is 35.4 Å². The first kappa shape index (κ1) is 12.6. The third kappa shape index (κ3) is 3.08. The maximum atomic E-state index is 5.70. The molecule has 0 radical (unpaired) electrons. The summed E-state index contributed by atoms with van der Waals surface area (Å²) in [4.78, 5) is 0. The van der Waals surface area contributed by atoms with Gasteiger partial charge in [-0.1, -0.05) is 31.2 Å². The molecule has 0 saturated carbocycles. The van der Waals surface area contributed by atoms with Gasteiger partial charge in [-0.25, -0.2) is 0 Å². The fraction of sp³-hybridized carbons (Fsp3) is 0.600. The number of rotatable bonds is 4. The lowest BCUT2D eigenvalue weighted by atomic mass is 9.80. The molecule has 1 fully saturated rings. The highest BCUT2D eigenvalue weighted by Gasteiger charge is 2.22. The first-order valence-electron chi connectivity index (χ1n) is 6.81. The van der Waals surface area contributed by atoms with Crippen LogP contribution in [-0.2, 0) is 6.42 Å². The van der Waals surface area contributed by atoms with Crippen LogP contribution in [0.1, 0.15) is 36.8 Å². The van der Waals surface area contributed by atoms with Crippen molar-refractivity contribution in [1.82, 2.24) is 5.32 Å². The smallest absolute Gasteiger partial charge is 0.00148 e. The molecule has 1 aliphatic heterocycles. The van der Waals surface area contributed by atoms with Gasteiger partial charge in [0.05, 0.1) is 0 Å². The van der Waals surface area contributed by atoms with Gasteiger partial charge in [-0.15, -0.1) is 0 Å². The van der Waals surface area contributed by atoms with E-state index in [1.54, 1.807) is 0 Å². The molecule has 1 aliphatic rings. The van der Waals surface area contributed by atoms with Crippen molar-refractivity contribution in [2.75, 3.05) is 19.6 Å². The number of nitrogens with one attached hydrogen (secondary N) is 1. The Balaban J connectivity index is 2.14. The molecule has 0 aromatic heterocycles. The summed E-state index contributed by atoms with van der Waals surface area (Å²) in [5, 5.41) is 3.51. The van der Waals surface area contributed by atoms with Gasteiger partial charge in [-0.2, -0.15) is 0 Å². The summed E-state index contributed by atoms with van der Waals surface area (Å²) in [5.41, 5.74) is 8.64. The fourth-order valence-corrected chi connectivity index (χ4v) is 2.92. The average Bonchev–Trinajstić information content (AvgIpc) is 2.40. The molecule has 0 bridgehead atoms. The molecule has 0 amide bonds. The minimum absolute atomic E-state index is 0.644. The van der Waals surface area contributed by atoms with Crippen LogP contribution in [0.5, 0.6) is 0 Å². The van der Waals surface area contributed by atoms with E-state index >= 15 is 0 Å². The maximum Gasteiger partial charge on any atom is -0.00148 e. The Kier molecular flexibility index (Phi) is 4.57. The third-order valence-corrected chi connectivity index (χ3v) is 4.00. The minimum atomic E-state index is 0.644. The Hall–Kier alpha value is -0.860. The molecule has 0 aliphatic carbocycles. The zero-order valence-electron chi connectivity index (χ0n) is 10.8. The van der Waals surface area contributed by atoms with Gasteiger partial charge in [0.15, 0.2) is 0 Å². The molecule has 0 spiro atoms. The summed E-state index contributed by atoms with van der Waals surface area (Å²) in [6, 6.07) is 8.79. The normalized spacial score (nSPS) is 22.4. The summed E-state index contributed by atoms with van der Waals surface area (Å²) in [7, 11) is 0. The zero-order chi connectivity index (χ0) is 12.1. The second kappa shape index (κ2) is 6.18. The molecule has 1 aromatic carbocycles. The Bertz CT molecular complexity index is 343. The Labute approximate surface area is 105 Å². The molecule has 2 rings (SSSR count). The largest absolute Gasteiger partial charge is 0.330 e. The van der Waals surface area contributed by atoms with Gasteiger partial charge in [0.1, 0.15) is 0 Å². The van der Waals surface area contributed by atoms with Crippen molar-refractivity contribution >= 4 is 0 Å². The third-order valence-electron chi connectivity index (χ3n) is 4.00. The summed E-state index contributed by atoms with van der Waals surface area (Å²) in [6.07, 6.45) is 3.67. The lowest BCUT2D eigenvalue weighted by Crippen LogP contribution is -2.32. The highest BCUT2D eigenvalue weighted by Crippen LogP contribution is 2.31. The van der Waals surface area contributed by atoms with Crippen LogP contribution in [0.15, 0.2) is 24.3 Å². The number of nitrogens with two attached hydrogens (primary N) is 1. The quantitative estimate of drug-likeness (QED) is 0.836. The number of hydrogen-bond acceptors (Lipinski definition) is 2. The fourth-order valence-electron chi connectivity index (χ4n) is 2.92. The van der Waals surface area contributed by atoms with Gasteiger partial charge in [-0.05, 0) is 61.9 Å². The van der Waals surface area contributed by atoms with E-state index in [9.17, 15) is 0 Å². The second-order valence-electron chi connectivity index (χ2n) is 5.13. The van der Waals surface area contributed by atoms with Crippen molar-refractivity contribution in [3.63, 3.8) is 0 Å². The maximum absolute atomic E-state index is 5.70. The molecule has 2 unspecified atom stereocenters. The molecular formula is C15H24N2. The lowest BCUT2D eigenvalue weighted by molar-refractivity contribution is 0.333. The first-order valence-corrected chi connectivity index (χ1v) is 6.81.